The van der Waals surface area contributed by atoms with Gasteiger partial charge in [0.05, 0.1) is 11.0 Å². The van der Waals surface area contributed by atoms with Crippen LogP contribution in [0.3, 0.4) is 0 Å². The quantitative estimate of drug-likeness (QED) is 0.861. The van der Waals surface area contributed by atoms with E-state index in [-0.39, 0.29) is 6.10 Å². The molecule has 0 unspecified atom stereocenters. The van der Waals surface area contributed by atoms with Gasteiger partial charge in [0.25, 0.3) is 0 Å². The normalized spacial score (nSPS) is 18.0. The third kappa shape index (κ3) is 4.03. The van der Waals surface area contributed by atoms with Crippen LogP contribution >= 0.6 is 0 Å². The highest BCUT2D eigenvalue weighted by atomic mass is 32.2. The van der Waals surface area contributed by atoms with Crippen LogP contribution in [0, 0.1) is 0 Å². The number of hydrogen-bond donors (Lipinski definition) is 1. The molecule has 1 fully saturated rings. The summed E-state index contributed by atoms with van der Waals surface area (Å²) in [6, 6.07) is 7.03. The molecule has 0 amide bonds. The number of benzene rings is 1. The Labute approximate surface area is 127 Å². The molecule has 5 nitrogen and oxygen atoms in total. The topological polar surface area (TPSA) is 72.6 Å². The summed E-state index contributed by atoms with van der Waals surface area (Å²) in [4.78, 5) is 0.359. The summed E-state index contributed by atoms with van der Waals surface area (Å²) < 4.78 is 32.3. The van der Waals surface area contributed by atoms with E-state index in [1.807, 2.05) is 19.1 Å². The fraction of sp³-hybridized carbons (Fsp3) is 0.600. The zero-order valence-electron chi connectivity index (χ0n) is 12.5. The van der Waals surface area contributed by atoms with Gasteiger partial charge in [-0.05, 0) is 50.4 Å². The van der Waals surface area contributed by atoms with Crippen molar-refractivity contribution in [2.24, 2.45) is 5.73 Å². The molecule has 1 aromatic rings. The van der Waals surface area contributed by atoms with E-state index < -0.39 is 10.0 Å². The lowest BCUT2D eigenvalue weighted by atomic mass is 10.1. The van der Waals surface area contributed by atoms with Gasteiger partial charge in [-0.3, -0.25) is 0 Å². The summed E-state index contributed by atoms with van der Waals surface area (Å²) in [5, 5.41) is 0. The second-order valence-electron chi connectivity index (χ2n) is 5.24. The Balaban J connectivity index is 2.04. The average molecular weight is 312 g/mol. The van der Waals surface area contributed by atoms with Gasteiger partial charge in [0.2, 0.25) is 10.0 Å². The van der Waals surface area contributed by atoms with E-state index in [9.17, 15) is 8.42 Å². The third-order valence-electron chi connectivity index (χ3n) is 3.80. The zero-order valence-corrected chi connectivity index (χ0v) is 13.3. The van der Waals surface area contributed by atoms with Crippen molar-refractivity contribution in [3.63, 3.8) is 0 Å². The van der Waals surface area contributed by atoms with E-state index in [0.29, 0.717) is 31.1 Å². The maximum absolute atomic E-state index is 12.6. The average Bonchev–Trinajstić information content (AvgIpc) is 2.49. The molecule has 0 aliphatic carbocycles. The molecule has 0 saturated carbocycles. The van der Waals surface area contributed by atoms with Crippen LogP contribution in [-0.4, -0.2) is 45.1 Å². The highest BCUT2D eigenvalue weighted by molar-refractivity contribution is 7.89. The molecule has 6 heteroatoms. The number of nitrogens with zero attached hydrogens (tertiary/aromatic N) is 1. The fourth-order valence-corrected chi connectivity index (χ4v) is 4.09. The molecule has 1 saturated heterocycles. The Kier molecular flexibility index (Phi) is 5.75. The Bertz CT molecular complexity index is 535. The van der Waals surface area contributed by atoms with Crippen LogP contribution in [0.25, 0.3) is 0 Å². The Morgan fingerprint density at radius 2 is 1.86 bits per heavy atom. The molecule has 0 aromatic heterocycles. The van der Waals surface area contributed by atoms with Gasteiger partial charge < -0.3 is 10.5 Å². The fourth-order valence-electron chi connectivity index (χ4n) is 2.62. The number of hydrogen-bond acceptors (Lipinski definition) is 4. The monoisotopic (exact) mass is 312 g/mol. The Morgan fingerprint density at radius 3 is 2.38 bits per heavy atom. The second-order valence-corrected chi connectivity index (χ2v) is 7.18. The summed E-state index contributed by atoms with van der Waals surface area (Å²) in [6.45, 7) is 4.26. The molecule has 1 aliphatic heterocycles. The van der Waals surface area contributed by atoms with E-state index >= 15 is 0 Å². The molecule has 0 spiro atoms. The number of ether oxygens (including phenoxy) is 1. The standard InChI is InChI=1S/C15H24N2O3S/c1-2-20-14-8-11-17(12-9-14)21(18,19)15-5-3-13(4-6-15)7-10-16/h3-6,14H,2,7-12,16H2,1H3. The molecular weight excluding hydrogens is 288 g/mol. The SMILES string of the molecule is CCOC1CCN(S(=O)(=O)c2ccc(CCN)cc2)CC1. The number of piperidine rings is 1. The van der Waals surface area contributed by atoms with E-state index in [0.717, 1.165) is 24.8 Å². The molecule has 1 heterocycles. The lowest BCUT2D eigenvalue weighted by Gasteiger charge is -2.31. The summed E-state index contributed by atoms with van der Waals surface area (Å²) in [5.41, 5.74) is 6.56. The van der Waals surface area contributed by atoms with Crippen molar-refractivity contribution >= 4 is 10.0 Å². The number of sulfonamides is 1. The largest absolute Gasteiger partial charge is 0.378 e. The molecule has 1 aromatic carbocycles. The van der Waals surface area contributed by atoms with Gasteiger partial charge in [-0.2, -0.15) is 4.31 Å². The van der Waals surface area contributed by atoms with Gasteiger partial charge in [-0.1, -0.05) is 12.1 Å². The van der Waals surface area contributed by atoms with Crippen molar-refractivity contribution in [3.05, 3.63) is 29.8 Å². The van der Waals surface area contributed by atoms with Crippen molar-refractivity contribution in [3.8, 4) is 0 Å². The molecule has 2 N–H and O–H groups in total. The zero-order chi connectivity index (χ0) is 15.3. The first-order valence-corrected chi connectivity index (χ1v) is 8.92. The smallest absolute Gasteiger partial charge is 0.243 e. The van der Waals surface area contributed by atoms with E-state index in [1.165, 1.54) is 0 Å². The van der Waals surface area contributed by atoms with Crippen LogP contribution in [0.15, 0.2) is 29.2 Å². The predicted molar refractivity (Wildman–Crippen MR) is 82.6 cm³/mol. The third-order valence-corrected chi connectivity index (χ3v) is 5.71. The molecule has 0 bridgehead atoms. The number of nitrogens with two attached hydrogens (primary N) is 1. The van der Waals surface area contributed by atoms with Gasteiger partial charge >= 0.3 is 0 Å². The minimum absolute atomic E-state index is 0.188. The maximum atomic E-state index is 12.6. The van der Waals surface area contributed by atoms with Crippen molar-refractivity contribution in [2.45, 2.75) is 37.2 Å². The molecule has 0 radical (unpaired) electrons. The molecule has 21 heavy (non-hydrogen) atoms. The van der Waals surface area contributed by atoms with Gasteiger partial charge in [-0.15, -0.1) is 0 Å². The minimum Gasteiger partial charge on any atom is -0.378 e. The molecule has 1 aliphatic rings. The first-order chi connectivity index (χ1) is 10.1. The number of rotatable bonds is 6. The van der Waals surface area contributed by atoms with Crippen LogP contribution in [0.4, 0.5) is 0 Å². The molecule has 118 valence electrons. The van der Waals surface area contributed by atoms with Crippen LogP contribution in [0.1, 0.15) is 25.3 Å². The molecule has 0 atom stereocenters. The second kappa shape index (κ2) is 7.35. The molecule has 2 rings (SSSR count). The van der Waals surface area contributed by atoms with Crippen LogP contribution < -0.4 is 5.73 Å². The summed E-state index contributed by atoms with van der Waals surface area (Å²) in [5.74, 6) is 0. The van der Waals surface area contributed by atoms with Gasteiger partial charge in [0.15, 0.2) is 0 Å². The summed E-state index contributed by atoms with van der Waals surface area (Å²) >= 11 is 0. The van der Waals surface area contributed by atoms with Crippen molar-refractivity contribution in [1.82, 2.24) is 4.31 Å². The van der Waals surface area contributed by atoms with Crippen LogP contribution in [0.5, 0.6) is 0 Å². The van der Waals surface area contributed by atoms with Crippen LogP contribution in [-0.2, 0) is 21.2 Å². The van der Waals surface area contributed by atoms with Gasteiger partial charge in [-0.25, -0.2) is 8.42 Å². The minimum atomic E-state index is -3.39. The molecular formula is C15H24N2O3S. The summed E-state index contributed by atoms with van der Waals surface area (Å²) in [7, 11) is -3.39. The van der Waals surface area contributed by atoms with Crippen molar-refractivity contribution in [1.29, 1.82) is 0 Å². The van der Waals surface area contributed by atoms with Gasteiger partial charge in [0, 0.05) is 19.7 Å². The Hall–Kier alpha value is -0.950. The Morgan fingerprint density at radius 1 is 1.24 bits per heavy atom. The van der Waals surface area contributed by atoms with E-state index in [4.69, 9.17) is 10.5 Å². The maximum Gasteiger partial charge on any atom is 0.243 e. The van der Waals surface area contributed by atoms with E-state index in [1.54, 1.807) is 16.4 Å². The lowest BCUT2D eigenvalue weighted by Crippen LogP contribution is -2.40. The first-order valence-electron chi connectivity index (χ1n) is 7.48. The van der Waals surface area contributed by atoms with E-state index in [2.05, 4.69) is 0 Å². The van der Waals surface area contributed by atoms with Crippen molar-refractivity contribution < 1.29 is 13.2 Å². The van der Waals surface area contributed by atoms with Crippen molar-refractivity contribution in [2.75, 3.05) is 26.2 Å². The highest BCUT2D eigenvalue weighted by Gasteiger charge is 2.29. The predicted octanol–water partition coefficient (Wildman–Crippen LogP) is 1.38. The first kappa shape index (κ1) is 16.4. The lowest BCUT2D eigenvalue weighted by molar-refractivity contribution is 0.0290. The summed E-state index contributed by atoms with van der Waals surface area (Å²) in [6.07, 6.45) is 2.48. The van der Waals surface area contributed by atoms with Crippen LogP contribution in [0.2, 0.25) is 0 Å². The highest BCUT2D eigenvalue weighted by Crippen LogP contribution is 2.22. The van der Waals surface area contributed by atoms with Gasteiger partial charge in [0.1, 0.15) is 0 Å².